The Bertz CT molecular complexity index is 375. The molecule has 0 aromatic heterocycles. The average Bonchev–Trinajstić information content (AvgIpc) is 2.59. The van der Waals surface area contributed by atoms with E-state index in [0.717, 1.165) is 12.8 Å². The zero-order valence-corrected chi connectivity index (χ0v) is 15.9. The second-order valence-corrected chi connectivity index (χ2v) is 6.15. The Morgan fingerprint density at radius 1 is 0.923 bits per heavy atom. The summed E-state index contributed by atoms with van der Waals surface area (Å²) in [5.74, 6) is -2.95. The van der Waals surface area contributed by atoms with Gasteiger partial charge in [0.1, 0.15) is 6.04 Å². The number of hydrogen-bond donors (Lipinski definition) is 5. The number of hydrogen-bond acceptors (Lipinski definition) is 5. The van der Waals surface area contributed by atoms with Crippen molar-refractivity contribution in [2.75, 3.05) is 13.2 Å². The SMILES string of the molecule is CCCCCCCCCCCC(=O)N[C@@H](CC(=O)O)C(=O)O.NCCO. The molecule has 0 rings (SSSR count). The zero-order valence-electron chi connectivity index (χ0n) is 15.9. The van der Waals surface area contributed by atoms with Crippen LogP contribution in [0.5, 0.6) is 0 Å². The van der Waals surface area contributed by atoms with E-state index in [0.29, 0.717) is 13.0 Å². The van der Waals surface area contributed by atoms with Gasteiger partial charge in [-0.25, -0.2) is 4.79 Å². The summed E-state index contributed by atoms with van der Waals surface area (Å²) in [6.45, 7) is 2.66. The number of carboxylic acids is 2. The van der Waals surface area contributed by atoms with Crippen molar-refractivity contribution in [3.8, 4) is 0 Å². The molecule has 0 aliphatic heterocycles. The summed E-state index contributed by atoms with van der Waals surface area (Å²) in [4.78, 5) is 32.9. The van der Waals surface area contributed by atoms with Gasteiger partial charge in [0, 0.05) is 13.0 Å². The number of amides is 1. The number of nitrogens with one attached hydrogen (secondary N) is 1. The third-order valence-electron chi connectivity index (χ3n) is 3.65. The normalized spacial score (nSPS) is 11.2. The summed E-state index contributed by atoms with van der Waals surface area (Å²) < 4.78 is 0. The molecule has 0 saturated carbocycles. The summed E-state index contributed by atoms with van der Waals surface area (Å²) in [5, 5.41) is 27.4. The molecule has 0 saturated heterocycles. The van der Waals surface area contributed by atoms with Crippen LogP contribution >= 0.6 is 0 Å². The van der Waals surface area contributed by atoms with Gasteiger partial charge >= 0.3 is 11.9 Å². The summed E-state index contributed by atoms with van der Waals surface area (Å²) in [6.07, 6.45) is 9.87. The number of carbonyl (C=O) groups is 3. The molecule has 0 unspecified atom stereocenters. The fourth-order valence-corrected chi connectivity index (χ4v) is 2.24. The topological polar surface area (TPSA) is 150 Å². The van der Waals surface area contributed by atoms with Crippen molar-refractivity contribution in [3.63, 3.8) is 0 Å². The molecule has 0 aromatic rings. The van der Waals surface area contributed by atoms with Crippen molar-refractivity contribution < 1.29 is 29.7 Å². The van der Waals surface area contributed by atoms with Gasteiger partial charge in [-0.1, -0.05) is 58.3 Å². The first kappa shape index (κ1) is 26.6. The molecule has 0 aliphatic rings. The van der Waals surface area contributed by atoms with Gasteiger partial charge in [0.15, 0.2) is 0 Å². The van der Waals surface area contributed by atoms with Gasteiger partial charge in [0.2, 0.25) is 5.91 Å². The van der Waals surface area contributed by atoms with Gasteiger partial charge < -0.3 is 26.4 Å². The number of carboxylic acid groups (broad SMARTS) is 2. The van der Waals surface area contributed by atoms with E-state index in [9.17, 15) is 14.4 Å². The molecule has 0 aliphatic carbocycles. The van der Waals surface area contributed by atoms with Crippen LogP contribution in [0.2, 0.25) is 0 Å². The summed E-state index contributed by atoms with van der Waals surface area (Å²) in [6, 6.07) is -1.34. The van der Waals surface area contributed by atoms with Crippen molar-refractivity contribution in [2.45, 2.75) is 83.6 Å². The Kier molecular flexibility index (Phi) is 20.1. The van der Waals surface area contributed by atoms with Crippen LogP contribution < -0.4 is 11.1 Å². The Hall–Kier alpha value is -1.67. The summed E-state index contributed by atoms with van der Waals surface area (Å²) in [5.41, 5.74) is 4.78. The van der Waals surface area contributed by atoms with Crippen LogP contribution in [0.1, 0.15) is 77.6 Å². The van der Waals surface area contributed by atoms with Gasteiger partial charge in [0.05, 0.1) is 13.0 Å². The van der Waals surface area contributed by atoms with Gasteiger partial charge in [-0.05, 0) is 6.42 Å². The van der Waals surface area contributed by atoms with Crippen molar-refractivity contribution in [1.29, 1.82) is 0 Å². The highest BCUT2D eigenvalue weighted by Crippen LogP contribution is 2.10. The Morgan fingerprint density at radius 2 is 1.38 bits per heavy atom. The minimum atomic E-state index is -1.34. The predicted octanol–water partition coefficient (Wildman–Crippen LogP) is 1.89. The lowest BCUT2D eigenvalue weighted by Gasteiger charge is -2.12. The highest BCUT2D eigenvalue weighted by atomic mass is 16.4. The van der Waals surface area contributed by atoms with E-state index in [1.807, 2.05) is 0 Å². The quantitative estimate of drug-likeness (QED) is 0.274. The second kappa shape index (κ2) is 19.7. The van der Waals surface area contributed by atoms with Crippen LogP contribution in [0.25, 0.3) is 0 Å². The molecule has 0 aromatic carbocycles. The lowest BCUT2D eigenvalue weighted by atomic mass is 10.1. The molecule has 1 atom stereocenters. The monoisotopic (exact) mass is 376 g/mol. The Morgan fingerprint density at radius 3 is 1.77 bits per heavy atom. The maximum absolute atomic E-state index is 11.6. The van der Waals surface area contributed by atoms with E-state index in [1.54, 1.807) is 0 Å². The van der Waals surface area contributed by atoms with Crippen molar-refractivity contribution in [3.05, 3.63) is 0 Å². The maximum atomic E-state index is 11.6. The van der Waals surface area contributed by atoms with Crippen LogP contribution in [-0.2, 0) is 14.4 Å². The molecule has 0 spiro atoms. The molecule has 0 bridgehead atoms. The minimum Gasteiger partial charge on any atom is -0.481 e. The molecule has 8 heteroatoms. The molecule has 1 amide bonds. The highest BCUT2D eigenvalue weighted by molar-refractivity contribution is 5.86. The lowest BCUT2D eigenvalue weighted by molar-refractivity contribution is -0.147. The minimum absolute atomic E-state index is 0.0972. The Balaban J connectivity index is 0. The highest BCUT2D eigenvalue weighted by Gasteiger charge is 2.22. The zero-order chi connectivity index (χ0) is 20.2. The third-order valence-corrected chi connectivity index (χ3v) is 3.65. The molecule has 6 N–H and O–H groups in total. The van der Waals surface area contributed by atoms with Crippen molar-refractivity contribution >= 4 is 17.8 Å². The van der Waals surface area contributed by atoms with Gasteiger partial charge in [0.25, 0.3) is 0 Å². The van der Waals surface area contributed by atoms with E-state index in [1.165, 1.54) is 38.5 Å². The molecule has 0 fully saturated rings. The number of unbranched alkanes of at least 4 members (excludes halogenated alkanes) is 8. The van der Waals surface area contributed by atoms with E-state index in [2.05, 4.69) is 12.2 Å². The van der Waals surface area contributed by atoms with E-state index in [4.69, 9.17) is 21.1 Å². The predicted molar refractivity (Wildman–Crippen MR) is 99.8 cm³/mol. The van der Waals surface area contributed by atoms with E-state index >= 15 is 0 Å². The second-order valence-electron chi connectivity index (χ2n) is 6.15. The first-order chi connectivity index (χ1) is 12.4. The van der Waals surface area contributed by atoms with Crippen LogP contribution in [0, 0.1) is 0 Å². The van der Waals surface area contributed by atoms with Gasteiger partial charge in [-0.2, -0.15) is 0 Å². The number of aliphatic hydroxyl groups is 1. The molecular formula is C18H36N2O6. The summed E-state index contributed by atoms with van der Waals surface area (Å²) in [7, 11) is 0. The largest absolute Gasteiger partial charge is 0.481 e. The fraction of sp³-hybridized carbons (Fsp3) is 0.833. The standard InChI is InChI=1S/C16H29NO5.C2H7NO/c1-2-3-4-5-6-7-8-9-10-11-14(18)17-13(16(21)22)12-15(19)20;3-1-2-4/h13H,2-12H2,1H3,(H,17,18)(H,19,20)(H,21,22);4H,1-3H2/t13-;/m0./s1. The number of rotatable bonds is 15. The van der Waals surface area contributed by atoms with Crippen LogP contribution in [0.4, 0.5) is 0 Å². The van der Waals surface area contributed by atoms with Gasteiger partial charge in [-0.15, -0.1) is 0 Å². The first-order valence-electron chi connectivity index (χ1n) is 9.43. The molecule has 8 nitrogen and oxygen atoms in total. The van der Waals surface area contributed by atoms with Crippen LogP contribution in [-0.4, -0.2) is 52.4 Å². The summed E-state index contributed by atoms with van der Waals surface area (Å²) >= 11 is 0. The molecule has 154 valence electrons. The number of carbonyl (C=O) groups excluding carboxylic acids is 1. The van der Waals surface area contributed by atoms with Crippen LogP contribution in [0.3, 0.4) is 0 Å². The molecule has 0 heterocycles. The number of aliphatic hydroxyl groups excluding tert-OH is 1. The lowest BCUT2D eigenvalue weighted by Crippen LogP contribution is -2.42. The molecular weight excluding hydrogens is 340 g/mol. The van der Waals surface area contributed by atoms with Crippen molar-refractivity contribution in [2.24, 2.45) is 5.73 Å². The number of nitrogens with two attached hydrogens (primary N) is 1. The smallest absolute Gasteiger partial charge is 0.326 e. The molecule has 26 heavy (non-hydrogen) atoms. The van der Waals surface area contributed by atoms with Crippen molar-refractivity contribution in [1.82, 2.24) is 5.32 Å². The maximum Gasteiger partial charge on any atom is 0.326 e. The Labute approximate surface area is 156 Å². The van der Waals surface area contributed by atoms with E-state index in [-0.39, 0.29) is 13.0 Å². The van der Waals surface area contributed by atoms with Gasteiger partial charge in [-0.3, -0.25) is 9.59 Å². The fourth-order valence-electron chi connectivity index (χ4n) is 2.24. The van der Waals surface area contributed by atoms with E-state index < -0.39 is 30.3 Å². The number of aliphatic carboxylic acids is 2. The average molecular weight is 376 g/mol. The third kappa shape index (κ3) is 20.4. The first-order valence-corrected chi connectivity index (χ1v) is 9.43. The molecule has 0 radical (unpaired) electrons. The van der Waals surface area contributed by atoms with Crippen LogP contribution in [0.15, 0.2) is 0 Å².